The van der Waals surface area contributed by atoms with Crippen LogP contribution in [0.4, 0.5) is 5.69 Å². The van der Waals surface area contributed by atoms with E-state index < -0.39 is 33.3 Å². The Labute approximate surface area is 209 Å². The largest absolute Gasteiger partial charge is 0.481 e. The van der Waals surface area contributed by atoms with Gasteiger partial charge in [0.05, 0.1) is 27.3 Å². The summed E-state index contributed by atoms with van der Waals surface area (Å²) in [4.78, 5) is 43.5. The first-order valence-electron chi connectivity index (χ1n) is 11.7. The number of fused-ring (bicyclic) bond motifs is 1. The van der Waals surface area contributed by atoms with E-state index in [0.717, 1.165) is 0 Å². The number of aliphatic hydroxyl groups is 1. The van der Waals surface area contributed by atoms with Gasteiger partial charge in [-0.15, -0.1) is 18.3 Å². The van der Waals surface area contributed by atoms with E-state index in [1.807, 2.05) is 6.92 Å². The molecule has 34 heavy (non-hydrogen) atoms. The van der Waals surface area contributed by atoms with Crippen molar-refractivity contribution in [3.05, 3.63) is 41.9 Å². The lowest BCUT2D eigenvalue weighted by molar-refractivity contribution is -0.150. The number of hydrogen-bond donors (Lipinski definition) is 2. The van der Waals surface area contributed by atoms with E-state index in [9.17, 15) is 19.5 Å². The van der Waals surface area contributed by atoms with E-state index in [2.05, 4.69) is 6.58 Å². The van der Waals surface area contributed by atoms with Crippen molar-refractivity contribution >= 4 is 46.8 Å². The van der Waals surface area contributed by atoms with Gasteiger partial charge in [0.1, 0.15) is 6.04 Å². The molecule has 4 rings (SSSR count). The van der Waals surface area contributed by atoms with Crippen LogP contribution in [0.15, 0.2) is 36.9 Å². The Hall–Kier alpha value is -2.03. The molecular formula is C25H31ClN2O5S. The van der Waals surface area contributed by atoms with E-state index in [1.165, 1.54) is 11.8 Å². The number of para-hydroxylation sites is 1. The minimum Gasteiger partial charge on any atom is -0.481 e. The summed E-state index contributed by atoms with van der Waals surface area (Å²) in [5.74, 6) is -3.04. The predicted molar refractivity (Wildman–Crippen MR) is 133 cm³/mol. The molecule has 3 saturated heterocycles. The smallest absolute Gasteiger partial charge is 0.308 e. The lowest BCUT2D eigenvalue weighted by atomic mass is 9.66. The van der Waals surface area contributed by atoms with Gasteiger partial charge in [-0.25, -0.2) is 0 Å². The number of halogens is 1. The normalized spacial score (nSPS) is 31.6. The number of carboxylic acids is 1. The van der Waals surface area contributed by atoms with Crippen LogP contribution in [0.1, 0.15) is 39.0 Å². The minimum absolute atomic E-state index is 0.0672. The van der Waals surface area contributed by atoms with Crippen LogP contribution in [0.3, 0.4) is 0 Å². The molecule has 2 N–H and O–H groups in total. The molecule has 0 aromatic heterocycles. The maximum Gasteiger partial charge on any atom is 0.308 e. The number of carbonyl (C=O) groups is 3. The number of thioether (sulfide) groups is 1. The lowest BCUT2D eigenvalue weighted by Gasteiger charge is -2.37. The minimum atomic E-state index is -0.975. The summed E-state index contributed by atoms with van der Waals surface area (Å²) in [7, 11) is 0. The number of amides is 2. The molecule has 9 heteroatoms. The third kappa shape index (κ3) is 3.84. The van der Waals surface area contributed by atoms with E-state index in [0.29, 0.717) is 49.4 Å². The fourth-order valence-corrected chi connectivity index (χ4v) is 8.73. The average Bonchev–Trinajstić information content (AvgIpc) is 3.36. The summed E-state index contributed by atoms with van der Waals surface area (Å²) < 4.78 is -1.37. The van der Waals surface area contributed by atoms with Crippen molar-refractivity contribution in [3.63, 3.8) is 0 Å². The molecule has 0 aliphatic carbocycles. The zero-order chi connectivity index (χ0) is 24.7. The maximum absolute atomic E-state index is 14.3. The van der Waals surface area contributed by atoms with E-state index in [1.54, 1.807) is 40.1 Å². The van der Waals surface area contributed by atoms with Gasteiger partial charge < -0.3 is 20.0 Å². The van der Waals surface area contributed by atoms with Crippen molar-refractivity contribution in [1.29, 1.82) is 0 Å². The molecule has 1 spiro atoms. The molecule has 1 aromatic rings. The topological polar surface area (TPSA) is 98.2 Å². The monoisotopic (exact) mass is 506 g/mol. The first kappa shape index (κ1) is 25.1. The molecule has 1 aromatic carbocycles. The summed E-state index contributed by atoms with van der Waals surface area (Å²) in [5.41, 5.74) is 0.542. The zero-order valence-electron chi connectivity index (χ0n) is 19.3. The highest BCUT2D eigenvalue weighted by molar-refractivity contribution is 8.02. The van der Waals surface area contributed by atoms with Gasteiger partial charge in [0.15, 0.2) is 0 Å². The van der Waals surface area contributed by atoms with Crippen molar-refractivity contribution in [1.82, 2.24) is 4.90 Å². The van der Waals surface area contributed by atoms with Gasteiger partial charge >= 0.3 is 5.97 Å². The Balaban J connectivity index is 1.77. The van der Waals surface area contributed by atoms with Gasteiger partial charge in [-0.2, -0.15) is 0 Å². The summed E-state index contributed by atoms with van der Waals surface area (Å²) >= 11 is 7.97. The lowest BCUT2D eigenvalue weighted by Crippen LogP contribution is -2.55. The number of benzene rings is 1. The van der Waals surface area contributed by atoms with Gasteiger partial charge in [-0.1, -0.05) is 29.8 Å². The van der Waals surface area contributed by atoms with Crippen LogP contribution in [0.2, 0.25) is 5.02 Å². The van der Waals surface area contributed by atoms with Crippen LogP contribution in [-0.2, 0) is 14.4 Å². The predicted octanol–water partition coefficient (Wildman–Crippen LogP) is 3.59. The number of carbonyl (C=O) groups excluding carboxylic acids is 2. The third-order valence-electron chi connectivity index (χ3n) is 7.55. The highest BCUT2D eigenvalue weighted by atomic mass is 35.5. The molecule has 2 unspecified atom stereocenters. The van der Waals surface area contributed by atoms with Crippen LogP contribution >= 0.6 is 23.4 Å². The zero-order valence-corrected chi connectivity index (χ0v) is 20.9. The molecule has 2 amide bonds. The number of nitrogens with zero attached hydrogens (tertiary/aromatic N) is 2. The quantitative estimate of drug-likeness (QED) is 0.372. The summed E-state index contributed by atoms with van der Waals surface area (Å²) in [5, 5.41) is 19.7. The van der Waals surface area contributed by atoms with E-state index in [-0.39, 0.29) is 25.0 Å². The van der Waals surface area contributed by atoms with Crippen molar-refractivity contribution in [2.45, 2.75) is 54.6 Å². The number of carboxylic acid groups (broad SMARTS) is 1. The highest BCUT2D eigenvalue weighted by Crippen LogP contribution is 2.71. The Morgan fingerprint density at radius 2 is 2.03 bits per heavy atom. The first-order valence-corrected chi connectivity index (χ1v) is 12.9. The van der Waals surface area contributed by atoms with Crippen molar-refractivity contribution in [2.75, 3.05) is 24.6 Å². The maximum atomic E-state index is 14.3. The van der Waals surface area contributed by atoms with Gasteiger partial charge in [-0.3, -0.25) is 14.4 Å². The molecule has 0 radical (unpaired) electrons. The summed E-state index contributed by atoms with van der Waals surface area (Å²) in [6.45, 7) is 6.35. The number of anilines is 1. The number of aliphatic carboxylic acids is 1. The number of rotatable bonds is 10. The van der Waals surface area contributed by atoms with Crippen LogP contribution in [0, 0.1) is 11.8 Å². The summed E-state index contributed by atoms with van der Waals surface area (Å²) in [6.07, 6.45) is 4.84. The van der Waals surface area contributed by atoms with E-state index >= 15 is 0 Å². The fourth-order valence-electron chi connectivity index (χ4n) is 6.15. The Bertz CT molecular complexity index is 1010. The second-order valence-corrected chi connectivity index (χ2v) is 11.9. The first-order chi connectivity index (χ1) is 16.2. The van der Waals surface area contributed by atoms with Crippen molar-refractivity contribution in [2.24, 2.45) is 11.8 Å². The molecule has 3 heterocycles. The van der Waals surface area contributed by atoms with Crippen molar-refractivity contribution < 1.29 is 24.6 Å². The second-order valence-electron chi connectivity index (χ2n) is 9.57. The van der Waals surface area contributed by atoms with Gasteiger partial charge in [0.25, 0.3) is 5.91 Å². The van der Waals surface area contributed by atoms with Gasteiger partial charge in [0.2, 0.25) is 5.91 Å². The van der Waals surface area contributed by atoms with Crippen LogP contribution in [0.5, 0.6) is 0 Å². The molecule has 3 aliphatic heterocycles. The molecule has 0 saturated carbocycles. The molecule has 184 valence electrons. The second kappa shape index (κ2) is 9.55. The molecule has 7 nitrogen and oxygen atoms in total. The fraction of sp³-hybridized carbons (Fsp3) is 0.560. The average molecular weight is 507 g/mol. The number of aliphatic hydroxyl groups excluding tert-OH is 1. The van der Waals surface area contributed by atoms with E-state index in [4.69, 9.17) is 16.7 Å². The molecule has 2 bridgehead atoms. The Morgan fingerprint density at radius 3 is 2.68 bits per heavy atom. The molecule has 3 fully saturated rings. The number of unbranched alkanes of at least 4 members (excludes halogenated alkanes) is 2. The Kier molecular flexibility index (Phi) is 7.04. The molecular weight excluding hydrogens is 476 g/mol. The summed E-state index contributed by atoms with van der Waals surface area (Å²) in [6, 6.07) is 6.28. The van der Waals surface area contributed by atoms with Crippen LogP contribution in [0.25, 0.3) is 0 Å². The van der Waals surface area contributed by atoms with Crippen molar-refractivity contribution in [3.8, 4) is 0 Å². The van der Waals surface area contributed by atoms with Gasteiger partial charge in [0, 0.05) is 24.4 Å². The number of hydrogen-bond acceptors (Lipinski definition) is 5. The van der Waals surface area contributed by atoms with Gasteiger partial charge in [-0.05, 0) is 51.2 Å². The SMILES string of the molecule is C=CCN(C(=O)C1N(CCCCCO)C(=O)[C@@H]2[C@@H](C(=O)O)[C@@]3(C)CCC12S3)c1ccccc1Cl. The number of likely N-dealkylation sites (tertiary alicyclic amines) is 1. The molecule has 3 aliphatic rings. The standard InChI is InChI=1S/C25H31ClN2O5S/c1-3-13-27(17-10-6-5-9-16(17)26)22(31)20-25-12-11-24(2,34-25)19(23(32)33)18(25)21(30)28(20)14-7-4-8-15-29/h3,5-6,9-10,18-20,29H,1,4,7-8,11-15H2,2H3,(H,32,33)/t18-,19-,20?,24+,25?/m0/s1. The highest BCUT2D eigenvalue weighted by Gasteiger charge is 2.77. The van der Waals surface area contributed by atoms with Crippen LogP contribution < -0.4 is 4.90 Å². The molecule has 5 atom stereocenters. The third-order valence-corrected chi connectivity index (χ3v) is 9.86. The van der Waals surface area contributed by atoms with Crippen LogP contribution in [-0.4, -0.2) is 68.1 Å². The Morgan fingerprint density at radius 1 is 1.29 bits per heavy atom.